The third-order valence-corrected chi connectivity index (χ3v) is 7.84. The highest BCUT2D eigenvalue weighted by Gasteiger charge is 2.24. The van der Waals surface area contributed by atoms with E-state index < -0.39 is 20.3 Å². The second kappa shape index (κ2) is 10.9. The van der Waals surface area contributed by atoms with Gasteiger partial charge in [0.2, 0.25) is 5.13 Å². The summed E-state index contributed by atoms with van der Waals surface area (Å²) in [6.45, 7) is 0. The lowest BCUT2D eigenvalue weighted by atomic mass is 10.2. The highest BCUT2D eigenvalue weighted by molar-refractivity contribution is 7.94. The average molecular weight is 586 g/mol. The van der Waals surface area contributed by atoms with Crippen molar-refractivity contribution in [2.45, 2.75) is 4.34 Å². The van der Waals surface area contributed by atoms with Gasteiger partial charge in [-0.05, 0) is 48.5 Å². The third kappa shape index (κ3) is 6.18. The third-order valence-electron chi connectivity index (χ3n) is 4.49. The molecule has 0 saturated heterocycles. The van der Waals surface area contributed by atoms with Crippen LogP contribution in [0.2, 0.25) is 15.1 Å². The first-order chi connectivity index (χ1) is 17.1. The van der Waals surface area contributed by atoms with Gasteiger partial charge < -0.3 is 9.47 Å². The van der Waals surface area contributed by atoms with Crippen molar-refractivity contribution < 1.29 is 22.7 Å². The van der Waals surface area contributed by atoms with Crippen molar-refractivity contribution in [2.24, 2.45) is 0 Å². The lowest BCUT2D eigenvalue weighted by Crippen LogP contribution is -2.13. The van der Waals surface area contributed by atoms with Crippen LogP contribution in [-0.4, -0.2) is 31.6 Å². The van der Waals surface area contributed by atoms with Gasteiger partial charge in [0, 0.05) is 16.1 Å². The van der Waals surface area contributed by atoms with Gasteiger partial charge in [0.25, 0.3) is 20.3 Å². The van der Waals surface area contributed by atoms with Gasteiger partial charge in [0.05, 0.1) is 23.4 Å². The Bertz CT molecular complexity index is 1550. The maximum absolute atomic E-state index is 13.0. The first-order valence-electron chi connectivity index (χ1n) is 9.89. The summed E-state index contributed by atoms with van der Waals surface area (Å²) in [7, 11) is -2.70. The van der Waals surface area contributed by atoms with Crippen LogP contribution >= 0.6 is 46.1 Å². The summed E-state index contributed by atoms with van der Waals surface area (Å²) >= 11 is 18.6. The van der Waals surface area contributed by atoms with Crippen LogP contribution in [0.1, 0.15) is 10.4 Å². The fourth-order valence-electron chi connectivity index (χ4n) is 2.86. The Morgan fingerprint density at radius 3 is 2.42 bits per heavy atom. The number of methoxy groups -OCH3 is 1. The SMILES string of the molecule is COc1cccc(Oc2ccc(Cl)cc2NS(=O)(=O)c2nnc(NC(=O)c3ccc(Cl)cc3Cl)s2)c1. The molecule has 14 heteroatoms. The minimum absolute atomic E-state index is 0.0506. The zero-order chi connectivity index (χ0) is 25.9. The molecule has 1 aromatic heterocycles. The minimum Gasteiger partial charge on any atom is -0.497 e. The molecule has 0 saturated carbocycles. The lowest BCUT2D eigenvalue weighted by Gasteiger charge is -2.13. The van der Waals surface area contributed by atoms with Crippen LogP contribution in [0.25, 0.3) is 0 Å². The van der Waals surface area contributed by atoms with E-state index in [-0.39, 0.29) is 32.2 Å². The highest BCUT2D eigenvalue weighted by atomic mass is 35.5. The number of anilines is 2. The second-order valence-electron chi connectivity index (χ2n) is 6.98. The fourth-order valence-corrected chi connectivity index (χ4v) is 5.48. The number of amides is 1. The maximum Gasteiger partial charge on any atom is 0.291 e. The molecule has 1 amide bonds. The average Bonchev–Trinajstić information content (AvgIpc) is 3.30. The quantitative estimate of drug-likeness (QED) is 0.231. The molecule has 36 heavy (non-hydrogen) atoms. The summed E-state index contributed by atoms with van der Waals surface area (Å²) in [5, 5.41) is 10.6. The number of hydrogen-bond donors (Lipinski definition) is 2. The molecule has 0 fully saturated rings. The fraction of sp³-hybridized carbons (Fsp3) is 0.0455. The van der Waals surface area contributed by atoms with E-state index >= 15 is 0 Å². The molecule has 186 valence electrons. The largest absolute Gasteiger partial charge is 0.497 e. The van der Waals surface area contributed by atoms with Crippen LogP contribution in [-0.2, 0) is 10.0 Å². The van der Waals surface area contributed by atoms with Gasteiger partial charge in [-0.1, -0.05) is 52.2 Å². The van der Waals surface area contributed by atoms with Gasteiger partial charge in [0.15, 0.2) is 5.75 Å². The summed E-state index contributed by atoms with van der Waals surface area (Å²) in [6, 6.07) is 15.6. The molecular formula is C22H15Cl3N4O5S2. The number of hydrogen-bond acceptors (Lipinski definition) is 8. The molecule has 1 heterocycles. The highest BCUT2D eigenvalue weighted by Crippen LogP contribution is 2.35. The molecule has 0 aliphatic heterocycles. The van der Waals surface area contributed by atoms with Crippen molar-refractivity contribution in [1.82, 2.24) is 10.2 Å². The molecule has 3 aromatic carbocycles. The molecule has 0 aliphatic carbocycles. The molecule has 0 unspecified atom stereocenters. The van der Waals surface area contributed by atoms with Crippen molar-refractivity contribution in [1.29, 1.82) is 0 Å². The number of ether oxygens (including phenoxy) is 2. The van der Waals surface area contributed by atoms with Crippen molar-refractivity contribution in [3.8, 4) is 17.2 Å². The van der Waals surface area contributed by atoms with Crippen molar-refractivity contribution in [3.63, 3.8) is 0 Å². The Hall–Kier alpha value is -3.09. The van der Waals surface area contributed by atoms with Gasteiger partial charge in [-0.25, -0.2) is 0 Å². The summed E-state index contributed by atoms with van der Waals surface area (Å²) in [5.41, 5.74) is 0.205. The standard InChI is InChI=1S/C22H15Cl3N4O5S2/c1-33-14-3-2-4-15(11-14)34-19-8-6-13(24)10-18(19)29-36(31,32)22-28-27-21(35-22)26-20(30)16-7-5-12(23)9-17(16)25/h2-11,29H,1H3,(H,26,27,30). The van der Waals surface area contributed by atoms with E-state index in [1.165, 1.54) is 37.4 Å². The summed E-state index contributed by atoms with van der Waals surface area (Å²) in [6.07, 6.45) is 0. The van der Waals surface area contributed by atoms with Crippen LogP contribution in [0, 0.1) is 0 Å². The number of carbonyl (C=O) groups is 1. The molecule has 4 aromatic rings. The molecule has 0 atom stereocenters. The molecule has 0 bridgehead atoms. The molecule has 0 aliphatic rings. The van der Waals surface area contributed by atoms with Crippen LogP contribution < -0.4 is 19.5 Å². The van der Waals surface area contributed by atoms with E-state index in [0.717, 1.165) is 0 Å². The minimum atomic E-state index is -4.21. The predicted octanol–water partition coefficient (Wildman–Crippen LogP) is 6.35. The normalized spacial score (nSPS) is 11.1. The zero-order valence-electron chi connectivity index (χ0n) is 18.2. The predicted molar refractivity (Wildman–Crippen MR) is 140 cm³/mol. The number of sulfonamides is 1. The smallest absolute Gasteiger partial charge is 0.291 e. The van der Waals surface area contributed by atoms with E-state index in [0.29, 0.717) is 27.9 Å². The second-order valence-corrected chi connectivity index (χ2v) is 11.1. The maximum atomic E-state index is 13.0. The van der Waals surface area contributed by atoms with Crippen LogP contribution in [0.15, 0.2) is 65.0 Å². The Morgan fingerprint density at radius 2 is 1.67 bits per heavy atom. The first-order valence-corrected chi connectivity index (χ1v) is 13.3. The Labute approximate surface area is 225 Å². The number of halogens is 3. The Kier molecular flexibility index (Phi) is 7.86. The Morgan fingerprint density at radius 1 is 0.944 bits per heavy atom. The summed E-state index contributed by atoms with van der Waals surface area (Å²) in [4.78, 5) is 12.5. The van der Waals surface area contributed by atoms with E-state index in [9.17, 15) is 13.2 Å². The molecule has 2 N–H and O–H groups in total. The van der Waals surface area contributed by atoms with Gasteiger partial charge in [-0.15, -0.1) is 10.2 Å². The number of rotatable bonds is 8. The molecular weight excluding hydrogens is 571 g/mol. The first kappa shape index (κ1) is 26.0. The topological polar surface area (TPSA) is 120 Å². The number of nitrogens with one attached hydrogen (secondary N) is 2. The van der Waals surface area contributed by atoms with E-state index in [4.69, 9.17) is 44.3 Å². The number of carbonyl (C=O) groups excluding carboxylic acids is 1. The van der Waals surface area contributed by atoms with Gasteiger partial charge in [-0.3, -0.25) is 14.8 Å². The van der Waals surface area contributed by atoms with Gasteiger partial charge in [-0.2, -0.15) is 8.42 Å². The van der Waals surface area contributed by atoms with Gasteiger partial charge >= 0.3 is 0 Å². The van der Waals surface area contributed by atoms with Crippen molar-refractivity contribution >= 4 is 72.9 Å². The number of nitrogens with zero attached hydrogens (tertiary/aromatic N) is 2. The monoisotopic (exact) mass is 584 g/mol. The Balaban J connectivity index is 1.54. The number of aromatic nitrogens is 2. The van der Waals surface area contributed by atoms with E-state index in [1.54, 1.807) is 30.3 Å². The van der Waals surface area contributed by atoms with E-state index in [1.807, 2.05) is 0 Å². The van der Waals surface area contributed by atoms with Crippen molar-refractivity contribution in [3.05, 3.63) is 81.3 Å². The molecule has 0 spiro atoms. The lowest BCUT2D eigenvalue weighted by molar-refractivity contribution is 0.102. The summed E-state index contributed by atoms with van der Waals surface area (Å²) in [5.74, 6) is 0.561. The summed E-state index contributed by atoms with van der Waals surface area (Å²) < 4.78 is 39.0. The molecule has 9 nitrogen and oxygen atoms in total. The molecule has 0 radical (unpaired) electrons. The van der Waals surface area contributed by atoms with E-state index in [2.05, 4.69) is 20.2 Å². The van der Waals surface area contributed by atoms with Crippen molar-refractivity contribution in [2.75, 3.05) is 17.1 Å². The van der Waals surface area contributed by atoms with Crippen LogP contribution in [0.5, 0.6) is 17.2 Å². The van der Waals surface area contributed by atoms with Gasteiger partial charge in [0.1, 0.15) is 11.5 Å². The number of benzene rings is 3. The zero-order valence-corrected chi connectivity index (χ0v) is 22.1. The molecule has 4 rings (SSSR count). The van der Waals surface area contributed by atoms with Crippen LogP contribution in [0.4, 0.5) is 10.8 Å². The van der Waals surface area contributed by atoms with Crippen LogP contribution in [0.3, 0.4) is 0 Å².